The molecule has 0 aromatic heterocycles. The van der Waals surface area contributed by atoms with Gasteiger partial charge in [0.2, 0.25) is 10.0 Å². The van der Waals surface area contributed by atoms with Crippen molar-refractivity contribution < 1.29 is 22.7 Å². The lowest BCUT2D eigenvalue weighted by Gasteiger charge is -2.21. The summed E-state index contributed by atoms with van der Waals surface area (Å²) in [5, 5.41) is 5.44. The Bertz CT molecular complexity index is 1100. The van der Waals surface area contributed by atoms with Crippen LogP contribution in [0.2, 0.25) is 0 Å². The molecule has 2 aromatic rings. The van der Waals surface area contributed by atoms with E-state index in [1.54, 1.807) is 42.5 Å². The summed E-state index contributed by atoms with van der Waals surface area (Å²) in [6, 6.07) is 11.6. The Labute approximate surface area is 182 Å². The number of carbonyl (C=O) groups excluding carboxylic acids is 2. The first-order valence-electron chi connectivity index (χ1n) is 10.0. The fraction of sp³-hybridized carbons (Fsp3) is 0.364. The van der Waals surface area contributed by atoms with Crippen molar-refractivity contribution in [1.82, 2.24) is 0 Å². The number of sulfonamides is 1. The van der Waals surface area contributed by atoms with Gasteiger partial charge in [0.05, 0.1) is 18.6 Å². The first-order valence-corrected chi connectivity index (χ1v) is 11.9. The summed E-state index contributed by atoms with van der Waals surface area (Å²) < 4.78 is 30.6. The van der Waals surface area contributed by atoms with Crippen LogP contribution in [-0.2, 0) is 21.2 Å². The van der Waals surface area contributed by atoms with Crippen LogP contribution >= 0.6 is 0 Å². The second kappa shape index (κ2) is 8.97. The van der Waals surface area contributed by atoms with E-state index < -0.39 is 16.1 Å². The summed E-state index contributed by atoms with van der Waals surface area (Å²) in [5.74, 6) is -0.0935. The van der Waals surface area contributed by atoms with Crippen molar-refractivity contribution in [3.05, 3.63) is 53.6 Å². The van der Waals surface area contributed by atoms with Crippen LogP contribution in [-0.4, -0.2) is 39.3 Å². The summed E-state index contributed by atoms with van der Waals surface area (Å²) in [6.07, 6.45) is 1.17. The van der Waals surface area contributed by atoms with Crippen molar-refractivity contribution in [3.63, 3.8) is 0 Å². The maximum atomic E-state index is 12.7. The Kier molecular flexibility index (Phi) is 6.54. The number of benzene rings is 2. The molecule has 8 nitrogen and oxygen atoms in total. The van der Waals surface area contributed by atoms with Gasteiger partial charge >= 0.3 is 6.09 Å². The third-order valence-electron chi connectivity index (χ3n) is 4.77. The number of nitrogens with one attached hydrogen (secondary N) is 2. The van der Waals surface area contributed by atoms with Crippen LogP contribution in [0.25, 0.3) is 0 Å². The topological polar surface area (TPSA) is 105 Å². The second-order valence-corrected chi connectivity index (χ2v) is 9.97. The van der Waals surface area contributed by atoms with E-state index in [-0.39, 0.29) is 17.9 Å². The molecule has 31 heavy (non-hydrogen) atoms. The predicted octanol–water partition coefficient (Wildman–Crippen LogP) is 3.85. The Morgan fingerprint density at radius 1 is 1.13 bits per heavy atom. The summed E-state index contributed by atoms with van der Waals surface area (Å²) in [7, 11) is -3.38. The van der Waals surface area contributed by atoms with Crippen LogP contribution in [0, 0.1) is 5.92 Å². The lowest BCUT2D eigenvalue weighted by molar-refractivity contribution is 0.102. The van der Waals surface area contributed by atoms with E-state index in [1.165, 1.54) is 10.6 Å². The smallest absolute Gasteiger partial charge is 0.411 e. The minimum absolute atomic E-state index is 0.193. The number of amides is 2. The van der Waals surface area contributed by atoms with Gasteiger partial charge in [-0.2, -0.15) is 0 Å². The van der Waals surface area contributed by atoms with Gasteiger partial charge in [0, 0.05) is 23.0 Å². The van der Waals surface area contributed by atoms with E-state index in [1.807, 2.05) is 20.8 Å². The number of fused-ring (bicyclic) bond motifs is 1. The second-order valence-electron chi connectivity index (χ2n) is 8.11. The van der Waals surface area contributed by atoms with Crippen LogP contribution in [0.5, 0.6) is 0 Å². The van der Waals surface area contributed by atoms with Crippen molar-refractivity contribution in [3.8, 4) is 0 Å². The summed E-state index contributed by atoms with van der Waals surface area (Å²) in [4.78, 5) is 24.6. The molecule has 166 valence electrons. The highest BCUT2D eigenvalue weighted by Crippen LogP contribution is 2.34. The molecule has 0 saturated heterocycles. The molecule has 0 spiro atoms. The maximum absolute atomic E-state index is 12.7. The highest BCUT2D eigenvalue weighted by molar-refractivity contribution is 7.92. The van der Waals surface area contributed by atoms with E-state index >= 15 is 0 Å². The fourth-order valence-electron chi connectivity index (χ4n) is 3.52. The first-order chi connectivity index (χ1) is 14.5. The van der Waals surface area contributed by atoms with Crippen LogP contribution in [0.4, 0.5) is 21.9 Å². The predicted molar refractivity (Wildman–Crippen MR) is 121 cm³/mol. The number of rotatable bonds is 6. The fourth-order valence-corrected chi connectivity index (χ4v) is 4.79. The molecule has 0 bridgehead atoms. The molecule has 3 rings (SSSR count). The molecule has 0 radical (unpaired) electrons. The van der Waals surface area contributed by atoms with Crippen molar-refractivity contribution in [2.24, 2.45) is 5.92 Å². The Hall–Kier alpha value is -3.07. The van der Waals surface area contributed by atoms with Crippen LogP contribution in [0.15, 0.2) is 42.5 Å². The number of hydrogen-bond acceptors (Lipinski definition) is 5. The Morgan fingerprint density at radius 2 is 1.81 bits per heavy atom. The van der Waals surface area contributed by atoms with Crippen molar-refractivity contribution >= 4 is 39.1 Å². The molecule has 1 aliphatic heterocycles. The first kappa shape index (κ1) is 22.6. The third-order valence-corrected chi connectivity index (χ3v) is 6.04. The molecular weight excluding hydrogens is 418 g/mol. The number of carbonyl (C=O) groups is 2. The molecule has 1 aliphatic rings. The van der Waals surface area contributed by atoms with Gasteiger partial charge in [-0.25, -0.2) is 13.2 Å². The van der Waals surface area contributed by atoms with Crippen molar-refractivity contribution in [1.29, 1.82) is 0 Å². The van der Waals surface area contributed by atoms with Crippen molar-refractivity contribution in [2.75, 3.05) is 27.8 Å². The molecule has 2 N–H and O–H groups in total. The largest absolute Gasteiger partial charge is 0.449 e. The zero-order chi connectivity index (χ0) is 22.8. The zero-order valence-corrected chi connectivity index (χ0v) is 18.8. The van der Waals surface area contributed by atoms with Crippen molar-refractivity contribution in [2.45, 2.75) is 33.2 Å². The lowest BCUT2D eigenvalue weighted by Crippen LogP contribution is -2.34. The average molecular weight is 446 g/mol. The summed E-state index contributed by atoms with van der Waals surface area (Å²) in [6.45, 7) is 6.05. The molecule has 1 atom stereocenters. The van der Waals surface area contributed by atoms with Crippen LogP contribution in [0.3, 0.4) is 0 Å². The molecule has 1 unspecified atom stereocenters. The minimum Gasteiger partial charge on any atom is -0.449 e. The molecule has 0 aliphatic carbocycles. The minimum atomic E-state index is -3.38. The van der Waals surface area contributed by atoms with E-state index in [0.29, 0.717) is 35.7 Å². The van der Waals surface area contributed by atoms with E-state index in [9.17, 15) is 18.0 Å². The highest BCUT2D eigenvalue weighted by Gasteiger charge is 2.32. The molecule has 9 heteroatoms. The molecule has 0 fully saturated rings. The normalized spacial score (nSPS) is 15.5. The maximum Gasteiger partial charge on any atom is 0.411 e. The van der Waals surface area contributed by atoms with E-state index in [0.717, 1.165) is 5.56 Å². The number of ether oxygens (including phenoxy) is 1. The van der Waals surface area contributed by atoms with Gasteiger partial charge in [-0.3, -0.25) is 14.4 Å². The summed E-state index contributed by atoms with van der Waals surface area (Å²) in [5.41, 5.74) is 2.86. The Morgan fingerprint density at radius 3 is 2.45 bits per heavy atom. The molecule has 2 amide bonds. The summed E-state index contributed by atoms with van der Waals surface area (Å²) >= 11 is 0. The average Bonchev–Trinajstić information content (AvgIpc) is 3.01. The third kappa shape index (κ3) is 5.55. The quantitative estimate of drug-likeness (QED) is 0.703. The number of anilines is 3. The van der Waals surface area contributed by atoms with Crippen LogP contribution < -0.4 is 14.9 Å². The molecule has 0 saturated carbocycles. The van der Waals surface area contributed by atoms with Gasteiger partial charge in [0.25, 0.3) is 5.91 Å². The molecule has 1 heterocycles. The van der Waals surface area contributed by atoms with Gasteiger partial charge < -0.3 is 10.1 Å². The van der Waals surface area contributed by atoms with Crippen LogP contribution in [0.1, 0.15) is 36.7 Å². The SMILES string of the molecule is CC(C)COC(=O)Nc1cccc(NC(=O)c2ccc3c(c2)CC(C)N3S(C)(=O)=O)c1. The molecule has 2 aromatic carbocycles. The number of hydrogen-bond donors (Lipinski definition) is 2. The standard InChI is InChI=1S/C22H27N3O5S/c1-14(2)13-30-22(27)24-19-7-5-6-18(12-19)23-21(26)16-8-9-20-17(11-16)10-15(3)25(20)31(4,28)29/h5-9,11-12,14-15H,10,13H2,1-4H3,(H,23,26)(H,24,27). The van der Waals surface area contributed by atoms with Gasteiger partial charge in [0.15, 0.2) is 0 Å². The zero-order valence-electron chi connectivity index (χ0n) is 18.0. The van der Waals surface area contributed by atoms with Gasteiger partial charge in [-0.15, -0.1) is 0 Å². The van der Waals surface area contributed by atoms with Gasteiger partial charge in [-0.05, 0) is 61.2 Å². The highest BCUT2D eigenvalue weighted by atomic mass is 32.2. The molecular formula is C22H27N3O5S. The van der Waals surface area contributed by atoms with E-state index in [2.05, 4.69) is 10.6 Å². The number of nitrogens with zero attached hydrogens (tertiary/aromatic N) is 1. The van der Waals surface area contributed by atoms with E-state index in [4.69, 9.17) is 4.74 Å². The monoisotopic (exact) mass is 445 g/mol. The van der Waals surface area contributed by atoms with Gasteiger partial charge in [-0.1, -0.05) is 19.9 Å². The Balaban J connectivity index is 1.70. The lowest BCUT2D eigenvalue weighted by atomic mass is 10.1. The van der Waals surface area contributed by atoms with Gasteiger partial charge in [0.1, 0.15) is 0 Å².